The monoisotopic (exact) mass is 268 g/mol. The van der Waals surface area contributed by atoms with Crippen molar-refractivity contribution in [2.45, 2.75) is 6.61 Å². The number of rotatable bonds is 3. The average molecular weight is 269 g/mol. The molecule has 0 saturated heterocycles. The van der Waals surface area contributed by atoms with Crippen LogP contribution in [0.2, 0.25) is 10.2 Å². The first kappa shape index (κ1) is 12.0. The number of nitrogen functional groups attached to an aromatic ring is 1. The standard InChI is InChI=1S/C12H10Cl2N2O/c13-10-5-6-12(14)16-11(10)7-17-9-3-1-8(15)2-4-9/h1-6H,7,15H2. The van der Waals surface area contributed by atoms with Crippen molar-refractivity contribution in [3.63, 3.8) is 0 Å². The van der Waals surface area contributed by atoms with Crippen LogP contribution in [0.25, 0.3) is 0 Å². The van der Waals surface area contributed by atoms with Gasteiger partial charge < -0.3 is 10.5 Å². The van der Waals surface area contributed by atoms with Crippen molar-refractivity contribution in [2.75, 3.05) is 5.73 Å². The summed E-state index contributed by atoms with van der Waals surface area (Å²) in [6, 6.07) is 10.4. The molecule has 0 amide bonds. The van der Waals surface area contributed by atoms with Gasteiger partial charge in [-0.1, -0.05) is 23.2 Å². The molecule has 3 nitrogen and oxygen atoms in total. The minimum Gasteiger partial charge on any atom is -0.487 e. The van der Waals surface area contributed by atoms with E-state index in [1.54, 1.807) is 36.4 Å². The SMILES string of the molecule is Nc1ccc(OCc2nc(Cl)ccc2Cl)cc1. The van der Waals surface area contributed by atoms with Gasteiger partial charge in [-0.05, 0) is 36.4 Å². The van der Waals surface area contributed by atoms with Crippen LogP contribution in [0.3, 0.4) is 0 Å². The molecule has 2 N–H and O–H groups in total. The highest BCUT2D eigenvalue weighted by Crippen LogP contribution is 2.20. The lowest BCUT2D eigenvalue weighted by Crippen LogP contribution is -1.99. The third-order valence-corrected chi connectivity index (χ3v) is 2.69. The van der Waals surface area contributed by atoms with E-state index in [9.17, 15) is 0 Å². The molecule has 0 aliphatic rings. The van der Waals surface area contributed by atoms with Gasteiger partial charge in [0.2, 0.25) is 0 Å². The predicted octanol–water partition coefficient (Wildman–Crippen LogP) is 3.55. The number of benzene rings is 1. The van der Waals surface area contributed by atoms with Crippen LogP contribution in [-0.2, 0) is 6.61 Å². The molecule has 88 valence electrons. The maximum Gasteiger partial charge on any atom is 0.132 e. The molecule has 5 heteroatoms. The lowest BCUT2D eigenvalue weighted by molar-refractivity contribution is 0.301. The quantitative estimate of drug-likeness (QED) is 0.684. The van der Waals surface area contributed by atoms with Crippen LogP contribution < -0.4 is 10.5 Å². The normalized spacial score (nSPS) is 10.2. The fraction of sp³-hybridized carbons (Fsp3) is 0.0833. The predicted molar refractivity (Wildman–Crippen MR) is 69.4 cm³/mol. The Morgan fingerprint density at radius 3 is 2.47 bits per heavy atom. The summed E-state index contributed by atoms with van der Waals surface area (Å²) in [5, 5.41) is 0.926. The Morgan fingerprint density at radius 1 is 1.06 bits per heavy atom. The first-order chi connectivity index (χ1) is 8.15. The van der Waals surface area contributed by atoms with E-state index in [2.05, 4.69) is 4.98 Å². The second-order valence-corrected chi connectivity index (χ2v) is 4.21. The highest BCUT2D eigenvalue weighted by molar-refractivity contribution is 6.32. The van der Waals surface area contributed by atoms with Gasteiger partial charge in [-0.15, -0.1) is 0 Å². The molecule has 0 aliphatic heterocycles. The van der Waals surface area contributed by atoms with Crippen LogP contribution in [0.15, 0.2) is 36.4 Å². The van der Waals surface area contributed by atoms with Gasteiger partial charge in [-0.25, -0.2) is 4.98 Å². The molecular weight excluding hydrogens is 259 g/mol. The van der Waals surface area contributed by atoms with Gasteiger partial charge >= 0.3 is 0 Å². The maximum absolute atomic E-state index is 5.97. The van der Waals surface area contributed by atoms with Gasteiger partial charge in [0.1, 0.15) is 17.5 Å². The Hall–Kier alpha value is -1.45. The summed E-state index contributed by atoms with van der Waals surface area (Å²) >= 11 is 11.7. The summed E-state index contributed by atoms with van der Waals surface area (Å²) in [4.78, 5) is 4.09. The van der Waals surface area contributed by atoms with Crippen molar-refractivity contribution in [3.05, 3.63) is 52.3 Å². The first-order valence-electron chi connectivity index (χ1n) is 4.94. The summed E-state index contributed by atoms with van der Waals surface area (Å²) in [5.41, 5.74) is 6.87. The number of nitrogens with zero attached hydrogens (tertiary/aromatic N) is 1. The molecule has 1 aromatic carbocycles. The summed E-state index contributed by atoms with van der Waals surface area (Å²) < 4.78 is 5.52. The van der Waals surface area contributed by atoms with E-state index < -0.39 is 0 Å². The molecule has 0 atom stereocenters. The third-order valence-electron chi connectivity index (χ3n) is 2.14. The van der Waals surface area contributed by atoms with Gasteiger partial charge in [-0.3, -0.25) is 0 Å². The van der Waals surface area contributed by atoms with Crippen LogP contribution in [0.5, 0.6) is 5.75 Å². The van der Waals surface area contributed by atoms with Gasteiger partial charge in [0.25, 0.3) is 0 Å². The zero-order valence-electron chi connectivity index (χ0n) is 8.86. The summed E-state index contributed by atoms with van der Waals surface area (Å²) in [6.07, 6.45) is 0. The van der Waals surface area contributed by atoms with E-state index in [4.69, 9.17) is 33.7 Å². The molecule has 0 spiro atoms. The van der Waals surface area contributed by atoms with Crippen LogP contribution in [-0.4, -0.2) is 4.98 Å². The molecule has 1 aromatic heterocycles. The molecule has 0 saturated carbocycles. The van der Waals surface area contributed by atoms with Gasteiger partial charge in [-0.2, -0.15) is 0 Å². The fourth-order valence-corrected chi connectivity index (χ4v) is 1.60. The number of aromatic nitrogens is 1. The van der Waals surface area contributed by atoms with Crippen LogP contribution in [0, 0.1) is 0 Å². The van der Waals surface area contributed by atoms with E-state index in [1.165, 1.54) is 0 Å². The molecule has 0 bridgehead atoms. The molecule has 0 fully saturated rings. The van der Waals surface area contributed by atoms with E-state index >= 15 is 0 Å². The van der Waals surface area contributed by atoms with E-state index in [1.807, 2.05) is 0 Å². The zero-order chi connectivity index (χ0) is 12.3. The molecule has 2 aromatic rings. The summed E-state index contributed by atoms with van der Waals surface area (Å²) in [5.74, 6) is 0.706. The number of hydrogen-bond acceptors (Lipinski definition) is 3. The Balaban J connectivity index is 2.07. The molecule has 17 heavy (non-hydrogen) atoms. The molecule has 2 rings (SSSR count). The number of halogens is 2. The second kappa shape index (κ2) is 5.25. The molecule has 0 radical (unpaired) electrons. The van der Waals surface area contributed by atoms with E-state index in [0.717, 1.165) is 0 Å². The Bertz CT molecular complexity index is 514. The highest BCUT2D eigenvalue weighted by atomic mass is 35.5. The second-order valence-electron chi connectivity index (χ2n) is 3.42. The van der Waals surface area contributed by atoms with Crippen LogP contribution in [0.4, 0.5) is 5.69 Å². The van der Waals surface area contributed by atoms with Crippen LogP contribution >= 0.6 is 23.2 Å². The number of hydrogen-bond donors (Lipinski definition) is 1. The van der Waals surface area contributed by atoms with Crippen molar-refractivity contribution >= 4 is 28.9 Å². The Labute approximate surface area is 109 Å². The molecule has 1 heterocycles. The molecule has 0 unspecified atom stereocenters. The van der Waals surface area contributed by atoms with Crippen molar-refractivity contribution in [3.8, 4) is 5.75 Å². The third kappa shape index (κ3) is 3.25. The topological polar surface area (TPSA) is 48.1 Å². The zero-order valence-corrected chi connectivity index (χ0v) is 10.4. The Morgan fingerprint density at radius 2 is 1.76 bits per heavy atom. The van der Waals surface area contributed by atoms with Crippen molar-refractivity contribution < 1.29 is 4.74 Å². The van der Waals surface area contributed by atoms with Gasteiger partial charge in [0, 0.05) is 5.69 Å². The molecular formula is C12H10Cl2N2O. The summed E-state index contributed by atoms with van der Waals surface area (Å²) in [6.45, 7) is 0.267. The Kier molecular flexibility index (Phi) is 3.71. The summed E-state index contributed by atoms with van der Waals surface area (Å²) in [7, 11) is 0. The van der Waals surface area contributed by atoms with Crippen molar-refractivity contribution in [1.29, 1.82) is 0 Å². The minimum absolute atomic E-state index is 0.267. The van der Waals surface area contributed by atoms with Crippen LogP contribution in [0.1, 0.15) is 5.69 Å². The smallest absolute Gasteiger partial charge is 0.132 e. The minimum atomic E-state index is 0.267. The first-order valence-corrected chi connectivity index (χ1v) is 5.70. The van der Waals surface area contributed by atoms with Crippen molar-refractivity contribution in [1.82, 2.24) is 4.98 Å². The fourth-order valence-electron chi connectivity index (χ4n) is 1.27. The number of anilines is 1. The highest BCUT2D eigenvalue weighted by Gasteiger charge is 2.04. The largest absolute Gasteiger partial charge is 0.487 e. The lowest BCUT2D eigenvalue weighted by Gasteiger charge is -2.07. The lowest BCUT2D eigenvalue weighted by atomic mass is 10.3. The average Bonchev–Trinajstić information content (AvgIpc) is 2.32. The van der Waals surface area contributed by atoms with Gasteiger partial charge in [0.05, 0.1) is 10.7 Å². The van der Waals surface area contributed by atoms with Crippen molar-refractivity contribution in [2.24, 2.45) is 0 Å². The van der Waals surface area contributed by atoms with E-state index in [-0.39, 0.29) is 6.61 Å². The van der Waals surface area contributed by atoms with E-state index in [0.29, 0.717) is 27.3 Å². The molecule has 0 aliphatic carbocycles. The maximum atomic E-state index is 5.97. The number of pyridine rings is 1. The number of ether oxygens (including phenoxy) is 1. The number of nitrogens with two attached hydrogens (primary N) is 1. The van der Waals surface area contributed by atoms with Gasteiger partial charge in [0.15, 0.2) is 0 Å².